The van der Waals surface area contributed by atoms with Crippen molar-refractivity contribution in [2.24, 2.45) is 0 Å². The van der Waals surface area contributed by atoms with Crippen LogP contribution in [0.3, 0.4) is 0 Å². The van der Waals surface area contributed by atoms with Crippen LogP contribution in [0.25, 0.3) is 0 Å². The highest BCUT2D eigenvalue weighted by molar-refractivity contribution is 6.00. The number of carbonyl (C=O) groups is 2. The summed E-state index contributed by atoms with van der Waals surface area (Å²) in [7, 11) is 3.48. The van der Waals surface area contributed by atoms with Gasteiger partial charge >= 0.3 is 0 Å². The van der Waals surface area contributed by atoms with E-state index in [-0.39, 0.29) is 11.8 Å². The summed E-state index contributed by atoms with van der Waals surface area (Å²) in [6, 6.07) is 8.91. The van der Waals surface area contributed by atoms with Crippen LogP contribution in [0.15, 0.2) is 36.5 Å². The maximum atomic E-state index is 12.4. The van der Waals surface area contributed by atoms with Gasteiger partial charge in [0, 0.05) is 44.4 Å². The zero-order valence-corrected chi connectivity index (χ0v) is 14.2. The number of benzene rings is 1. The lowest BCUT2D eigenvalue weighted by Crippen LogP contribution is -2.23. The van der Waals surface area contributed by atoms with Gasteiger partial charge in [-0.15, -0.1) is 0 Å². The van der Waals surface area contributed by atoms with E-state index in [1.807, 2.05) is 24.1 Å². The molecule has 3 rings (SSSR count). The maximum Gasteiger partial charge on any atom is 0.251 e. The zero-order chi connectivity index (χ0) is 17.8. The average Bonchev–Trinajstić information content (AvgIpc) is 2.78. The van der Waals surface area contributed by atoms with E-state index in [0.717, 1.165) is 11.3 Å². The third kappa shape index (κ3) is 3.88. The van der Waals surface area contributed by atoms with E-state index >= 15 is 0 Å². The van der Waals surface area contributed by atoms with Crippen LogP contribution in [-0.2, 0) is 11.3 Å². The Hall–Kier alpha value is -3.09. The lowest BCUT2D eigenvalue weighted by Gasteiger charge is -2.18. The van der Waals surface area contributed by atoms with Gasteiger partial charge < -0.3 is 20.3 Å². The van der Waals surface area contributed by atoms with Gasteiger partial charge in [0.1, 0.15) is 0 Å². The molecule has 2 amide bonds. The summed E-state index contributed by atoms with van der Waals surface area (Å²) in [5.74, 6) is 0.271. The number of nitrogens with one attached hydrogen (secondary N) is 2. The molecule has 0 fully saturated rings. The van der Waals surface area contributed by atoms with Crippen LogP contribution in [0, 0.1) is 0 Å². The number of amides is 2. The van der Waals surface area contributed by atoms with Crippen molar-refractivity contribution < 1.29 is 14.3 Å². The molecule has 7 nitrogen and oxygen atoms in total. The van der Waals surface area contributed by atoms with E-state index in [9.17, 15) is 9.59 Å². The summed E-state index contributed by atoms with van der Waals surface area (Å²) in [5, 5.41) is 5.70. The Balaban J connectivity index is 1.70. The normalized spacial score (nSPS) is 13.5. The fourth-order valence-electron chi connectivity index (χ4n) is 2.63. The van der Waals surface area contributed by atoms with Crippen LogP contribution < -0.4 is 20.3 Å². The van der Waals surface area contributed by atoms with Gasteiger partial charge in [0.2, 0.25) is 11.8 Å². The molecule has 7 heteroatoms. The molecule has 0 radical (unpaired) electrons. The SMILES string of the molecule is COc1ccc(CNC(=O)c2ccc3c(c2)NC(=O)CCN3C)cn1. The summed E-state index contributed by atoms with van der Waals surface area (Å²) >= 11 is 0. The van der Waals surface area contributed by atoms with Crippen molar-refractivity contribution in [3.05, 3.63) is 47.7 Å². The van der Waals surface area contributed by atoms with Gasteiger partial charge in [-0.3, -0.25) is 9.59 Å². The molecule has 1 aromatic heterocycles. The van der Waals surface area contributed by atoms with E-state index in [4.69, 9.17) is 4.74 Å². The molecule has 1 aliphatic heterocycles. The molecule has 25 heavy (non-hydrogen) atoms. The van der Waals surface area contributed by atoms with Crippen molar-refractivity contribution in [1.29, 1.82) is 0 Å². The first-order chi connectivity index (χ1) is 12.1. The first kappa shape index (κ1) is 16.8. The third-order valence-corrected chi connectivity index (χ3v) is 4.08. The number of anilines is 2. The van der Waals surface area contributed by atoms with Crippen molar-refractivity contribution in [2.75, 3.05) is 30.9 Å². The molecule has 1 aliphatic rings. The van der Waals surface area contributed by atoms with Gasteiger partial charge in [-0.25, -0.2) is 4.98 Å². The minimum atomic E-state index is -0.209. The van der Waals surface area contributed by atoms with Gasteiger partial charge in [0.15, 0.2) is 0 Å². The number of hydrogen-bond donors (Lipinski definition) is 2. The van der Waals surface area contributed by atoms with Crippen molar-refractivity contribution >= 4 is 23.2 Å². The monoisotopic (exact) mass is 340 g/mol. The lowest BCUT2D eigenvalue weighted by atomic mass is 10.1. The highest BCUT2D eigenvalue weighted by Crippen LogP contribution is 2.28. The Bertz CT molecular complexity index is 789. The van der Waals surface area contributed by atoms with Crippen LogP contribution in [0.1, 0.15) is 22.3 Å². The van der Waals surface area contributed by atoms with E-state index in [1.165, 1.54) is 0 Å². The Kier molecular flexibility index (Phi) is 4.83. The molecule has 0 spiro atoms. The standard InChI is InChI=1S/C18H20N4O3/c1-22-8-7-16(23)21-14-9-13(4-5-15(14)22)18(24)20-11-12-3-6-17(25-2)19-10-12/h3-6,9-10H,7-8,11H2,1-2H3,(H,20,24)(H,21,23). The summed E-state index contributed by atoms with van der Waals surface area (Å²) in [5.41, 5.74) is 2.93. The summed E-state index contributed by atoms with van der Waals surface area (Å²) in [6.45, 7) is 1.01. The highest BCUT2D eigenvalue weighted by atomic mass is 16.5. The summed E-state index contributed by atoms with van der Waals surface area (Å²) in [4.78, 5) is 30.3. The molecule has 0 bridgehead atoms. The molecule has 0 saturated heterocycles. The maximum absolute atomic E-state index is 12.4. The largest absolute Gasteiger partial charge is 0.481 e. The molecule has 2 heterocycles. The zero-order valence-electron chi connectivity index (χ0n) is 14.2. The van der Waals surface area contributed by atoms with Crippen molar-refractivity contribution in [3.8, 4) is 5.88 Å². The molecular formula is C18H20N4O3. The van der Waals surface area contributed by atoms with E-state index < -0.39 is 0 Å². The predicted molar refractivity (Wildman–Crippen MR) is 94.9 cm³/mol. The number of hydrogen-bond acceptors (Lipinski definition) is 5. The third-order valence-electron chi connectivity index (χ3n) is 4.08. The number of nitrogens with zero attached hydrogens (tertiary/aromatic N) is 2. The van der Waals surface area contributed by atoms with Gasteiger partial charge in [-0.1, -0.05) is 6.07 Å². The number of carbonyl (C=O) groups excluding carboxylic acids is 2. The van der Waals surface area contributed by atoms with Crippen LogP contribution >= 0.6 is 0 Å². The number of fused-ring (bicyclic) bond motifs is 1. The number of ether oxygens (including phenoxy) is 1. The van der Waals surface area contributed by atoms with Crippen LogP contribution in [0.4, 0.5) is 11.4 Å². The van der Waals surface area contributed by atoms with Crippen LogP contribution in [0.2, 0.25) is 0 Å². The van der Waals surface area contributed by atoms with Crippen molar-refractivity contribution in [3.63, 3.8) is 0 Å². The molecule has 0 aliphatic carbocycles. The van der Waals surface area contributed by atoms with Crippen LogP contribution in [-0.4, -0.2) is 37.5 Å². The molecule has 130 valence electrons. The van der Waals surface area contributed by atoms with Crippen molar-refractivity contribution in [2.45, 2.75) is 13.0 Å². The van der Waals surface area contributed by atoms with E-state index in [1.54, 1.807) is 31.5 Å². The average molecular weight is 340 g/mol. The first-order valence-corrected chi connectivity index (χ1v) is 7.99. The van der Waals surface area contributed by atoms with Gasteiger partial charge in [-0.05, 0) is 23.8 Å². The van der Waals surface area contributed by atoms with Gasteiger partial charge in [-0.2, -0.15) is 0 Å². The Morgan fingerprint density at radius 1 is 1.36 bits per heavy atom. The fraction of sp³-hybridized carbons (Fsp3) is 0.278. The number of pyridine rings is 1. The quantitative estimate of drug-likeness (QED) is 0.887. The second-order valence-electron chi connectivity index (χ2n) is 5.84. The fourth-order valence-corrected chi connectivity index (χ4v) is 2.63. The number of methoxy groups -OCH3 is 1. The molecule has 1 aromatic carbocycles. The van der Waals surface area contributed by atoms with E-state index in [2.05, 4.69) is 15.6 Å². The number of aromatic nitrogens is 1. The predicted octanol–water partition coefficient (Wildman–Crippen LogP) is 1.80. The smallest absolute Gasteiger partial charge is 0.251 e. The highest BCUT2D eigenvalue weighted by Gasteiger charge is 2.18. The minimum absolute atomic E-state index is 0.0486. The Morgan fingerprint density at radius 2 is 2.20 bits per heavy atom. The molecule has 0 saturated carbocycles. The van der Waals surface area contributed by atoms with Crippen molar-refractivity contribution in [1.82, 2.24) is 10.3 Å². The molecule has 2 aromatic rings. The number of rotatable bonds is 4. The molecular weight excluding hydrogens is 320 g/mol. The molecule has 0 atom stereocenters. The summed E-state index contributed by atoms with van der Waals surface area (Å²) < 4.78 is 5.01. The van der Waals surface area contributed by atoms with Gasteiger partial charge in [0.25, 0.3) is 5.91 Å². The second-order valence-corrected chi connectivity index (χ2v) is 5.84. The molecule has 2 N–H and O–H groups in total. The van der Waals surface area contributed by atoms with Crippen LogP contribution in [0.5, 0.6) is 5.88 Å². The summed E-state index contributed by atoms with van der Waals surface area (Å²) in [6.07, 6.45) is 2.09. The molecule has 0 unspecified atom stereocenters. The Morgan fingerprint density at radius 3 is 2.92 bits per heavy atom. The minimum Gasteiger partial charge on any atom is -0.481 e. The van der Waals surface area contributed by atoms with Gasteiger partial charge in [0.05, 0.1) is 18.5 Å². The first-order valence-electron chi connectivity index (χ1n) is 7.99. The topological polar surface area (TPSA) is 83.6 Å². The lowest BCUT2D eigenvalue weighted by molar-refractivity contribution is -0.115. The Labute approximate surface area is 146 Å². The second kappa shape index (κ2) is 7.21. The van der Waals surface area contributed by atoms with E-state index in [0.29, 0.717) is 36.6 Å².